The predicted octanol–water partition coefficient (Wildman–Crippen LogP) is 2.99. The molecule has 2 aromatic carbocycles. The van der Waals surface area contributed by atoms with E-state index in [2.05, 4.69) is 41.1 Å². The molecule has 2 aliphatic rings. The number of rotatable bonds is 9. The normalized spacial score (nSPS) is 21.6. The van der Waals surface area contributed by atoms with Gasteiger partial charge in [-0.15, -0.1) is 0 Å². The van der Waals surface area contributed by atoms with Crippen LogP contribution in [-0.2, 0) is 22.9 Å². The Morgan fingerprint density at radius 2 is 1.86 bits per heavy atom. The Balaban J connectivity index is 1.38. The molecular formula is C23H30N2O3S. The van der Waals surface area contributed by atoms with Gasteiger partial charge in [0.25, 0.3) is 0 Å². The Hall–Kier alpha value is -1.89. The van der Waals surface area contributed by atoms with Crippen molar-refractivity contribution in [3.63, 3.8) is 0 Å². The standard InChI is InChI=1S/C23H30N2O3S/c24-23-11-9-19-8-10-20(28-13-12-25-29(26,27)16-18-6-7-18)15-21(19)22(23)14-17-4-2-1-3-5-17/h1-5,8,10,15,18,22-23,25H,6-7,9,11-14,16,24H2. The third kappa shape index (κ3) is 5.59. The molecule has 0 bridgehead atoms. The lowest BCUT2D eigenvalue weighted by Crippen LogP contribution is -2.34. The topological polar surface area (TPSA) is 81.4 Å². The number of nitrogens with two attached hydrogens (primary N) is 1. The Labute approximate surface area is 173 Å². The molecule has 4 rings (SSSR count). The fourth-order valence-corrected chi connectivity index (χ4v) is 5.60. The highest BCUT2D eigenvalue weighted by molar-refractivity contribution is 7.89. The number of hydrogen-bond donors (Lipinski definition) is 2. The maximum absolute atomic E-state index is 12.0. The molecule has 1 fully saturated rings. The number of aryl methyl sites for hydroxylation is 1. The molecule has 1 saturated carbocycles. The Morgan fingerprint density at radius 1 is 1.07 bits per heavy atom. The van der Waals surface area contributed by atoms with Gasteiger partial charge in [0, 0.05) is 18.5 Å². The lowest BCUT2D eigenvalue weighted by Gasteiger charge is -2.32. The number of fused-ring (bicyclic) bond motifs is 1. The van der Waals surface area contributed by atoms with Crippen molar-refractivity contribution in [2.45, 2.75) is 44.1 Å². The summed E-state index contributed by atoms with van der Waals surface area (Å²) < 4.78 is 32.4. The van der Waals surface area contributed by atoms with Crippen molar-refractivity contribution >= 4 is 10.0 Å². The van der Waals surface area contributed by atoms with Gasteiger partial charge in [0.2, 0.25) is 10.0 Å². The van der Waals surface area contributed by atoms with E-state index in [9.17, 15) is 8.42 Å². The molecule has 0 heterocycles. The Morgan fingerprint density at radius 3 is 2.62 bits per heavy atom. The van der Waals surface area contributed by atoms with E-state index < -0.39 is 10.0 Å². The van der Waals surface area contributed by atoms with Crippen molar-refractivity contribution in [1.82, 2.24) is 4.72 Å². The van der Waals surface area contributed by atoms with Crippen LogP contribution in [0.15, 0.2) is 48.5 Å². The van der Waals surface area contributed by atoms with E-state index in [0.717, 1.165) is 37.9 Å². The summed E-state index contributed by atoms with van der Waals surface area (Å²) in [6, 6.07) is 16.8. The van der Waals surface area contributed by atoms with Gasteiger partial charge in [-0.05, 0) is 66.8 Å². The zero-order chi connectivity index (χ0) is 20.3. The second-order valence-electron chi connectivity index (χ2n) is 8.33. The summed E-state index contributed by atoms with van der Waals surface area (Å²) in [6.45, 7) is 0.608. The molecule has 2 aliphatic carbocycles. The van der Waals surface area contributed by atoms with E-state index in [0.29, 0.717) is 19.1 Å². The molecule has 2 unspecified atom stereocenters. The van der Waals surface area contributed by atoms with Crippen LogP contribution in [-0.4, -0.2) is 33.4 Å². The number of ether oxygens (including phenoxy) is 1. The van der Waals surface area contributed by atoms with Crippen LogP contribution in [0.1, 0.15) is 41.9 Å². The van der Waals surface area contributed by atoms with E-state index in [1.807, 2.05) is 12.1 Å². The van der Waals surface area contributed by atoms with E-state index in [1.165, 1.54) is 16.7 Å². The summed E-state index contributed by atoms with van der Waals surface area (Å²) in [6.07, 6.45) is 4.95. The van der Waals surface area contributed by atoms with Gasteiger partial charge in [-0.25, -0.2) is 13.1 Å². The fraction of sp³-hybridized carbons (Fsp3) is 0.478. The fourth-order valence-electron chi connectivity index (χ4n) is 4.14. The summed E-state index contributed by atoms with van der Waals surface area (Å²) >= 11 is 0. The van der Waals surface area contributed by atoms with Crippen molar-refractivity contribution in [3.8, 4) is 5.75 Å². The minimum atomic E-state index is -3.18. The van der Waals surface area contributed by atoms with Crippen molar-refractivity contribution in [2.24, 2.45) is 11.7 Å². The lowest BCUT2D eigenvalue weighted by molar-refractivity contribution is 0.321. The third-order valence-electron chi connectivity index (χ3n) is 5.92. The molecule has 6 heteroatoms. The number of nitrogens with one attached hydrogen (secondary N) is 1. The van der Waals surface area contributed by atoms with Crippen molar-refractivity contribution in [2.75, 3.05) is 18.9 Å². The molecule has 0 aromatic heterocycles. The van der Waals surface area contributed by atoms with E-state index in [1.54, 1.807) is 0 Å². The van der Waals surface area contributed by atoms with Crippen LogP contribution >= 0.6 is 0 Å². The van der Waals surface area contributed by atoms with Gasteiger partial charge in [-0.2, -0.15) is 0 Å². The maximum Gasteiger partial charge on any atom is 0.211 e. The molecular weight excluding hydrogens is 384 g/mol. The summed E-state index contributed by atoms with van der Waals surface area (Å²) in [4.78, 5) is 0. The molecule has 3 N–H and O–H groups in total. The molecule has 156 valence electrons. The van der Waals surface area contributed by atoms with Crippen LogP contribution in [0.2, 0.25) is 0 Å². The second-order valence-corrected chi connectivity index (χ2v) is 10.2. The highest BCUT2D eigenvalue weighted by Crippen LogP contribution is 2.35. The molecule has 0 amide bonds. The van der Waals surface area contributed by atoms with Gasteiger partial charge in [-0.3, -0.25) is 0 Å². The van der Waals surface area contributed by atoms with Crippen LogP contribution in [0.3, 0.4) is 0 Å². The zero-order valence-corrected chi connectivity index (χ0v) is 17.5. The van der Waals surface area contributed by atoms with Gasteiger partial charge in [-0.1, -0.05) is 36.4 Å². The van der Waals surface area contributed by atoms with Crippen molar-refractivity contribution < 1.29 is 13.2 Å². The van der Waals surface area contributed by atoms with E-state index in [4.69, 9.17) is 10.5 Å². The van der Waals surface area contributed by atoms with Gasteiger partial charge in [0.15, 0.2) is 0 Å². The molecule has 0 aliphatic heterocycles. The molecule has 0 spiro atoms. The largest absolute Gasteiger partial charge is 0.492 e. The van der Waals surface area contributed by atoms with Crippen molar-refractivity contribution in [3.05, 3.63) is 65.2 Å². The third-order valence-corrected chi connectivity index (χ3v) is 7.48. The minimum absolute atomic E-state index is 0.132. The highest BCUT2D eigenvalue weighted by atomic mass is 32.2. The zero-order valence-electron chi connectivity index (χ0n) is 16.7. The van der Waals surface area contributed by atoms with E-state index >= 15 is 0 Å². The molecule has 0 saturated heterocycles. The molecule has 0 radical (unpaired) electrons. The van der Waals surface area contributed by atoms with Crippen LogP contribution in [0.4, 0.5) is 0 Å². The minimum Gasteiger partial charge on any atom is -0.492 e. The quantitative estimate of drug-likeness (QED) is 0.618. The van der Waals surface area contributed by atoms with E-state index in [-0.39, 0.29) is 17.7 Å². The van der Waals surface area contributed by atoms with Gasteiger partial charge < -0.3 is 10.5 Å². The molecule has 2 aromatic rings. The van der Waals surface area contributed by atoms with Crippen LogP contribution in [0.5, 0.6) is 5.75 Å². The number of benzene rings is 2. The van der Waals surface area contributed by atoms with Crippen molar-refractivity contribution in [1.29, 1.82) is 0 Å². The first-order chi connectivity index (χ1) is 14.0. The maximum atomic E-state index is 12.0. The molecule has 5 nitrogen and oxygen atoms in total. The first kappa shape index (κ1) is 20.4. The lowest BCUT2D eigenvalue weighted by atomic mass is 9.76. The summed E-state index contributed by atoms with van der Waals surface area (Å²) in [5.41, 5.74) is 10.4. The SMILES string of the molecule is NC1CCc2ccc(OCCNS(=O)(=O)CC3CC3)cc2C1Cc1ccccc1. The highest BCUT2D eigenvalue weighted by Gasteiger charge is 2.28. The summed E-state index contributed by atoms with van der Waals surface area (Å²) in [5.74, 6) is 1.63. The molecule has 29 heavy (non-hydrogen) atoms. The number of sulfonamides is 1. The second kappa shape index (κ2) is 8.86. The average molecular weight is 415 g/mol. The van der Waals surface area contributed by atoms with Crippen LogP contribution in [0.25, 0.3) is 0 Å². The van der Waals surface area contributed by atoms with Crippen LogP contribution < -0.4 is 15.2 Å². The summed E-state index contributed by atoms with van der Waals surface area (Å²) in [7, 11) is -3.18. The first-order valence-electron chi connectivity index (χ1n) is 10.5. The number of hydrogen-bond acceptors (Lipinski definition) is 4. The molecule has 2 atom stereocenters. The average Bonchev–Trinajstić information content (AvgIpc) is 3.51. The monoisotopic (exact) mass is 414 g/mol. The predicted molar refractivity (Wildman–Crippen MR) is 116 cm³/mol. The van der Waals surface area contributed by atoms with Gasteiger partial charge >= 0.3 is 0 Å². The van der Waals surface area contributed by atoms with Gasteiger partial charge in [0.05, 0.1) is 5.75 Å². The first-order valence-corrected chi connectivity index (χ1v) is 12.2. The summed E-state index contributed by atoms with van der Waals surface area (Å²) in [5, 5.41) is 0. The smallest absolute Gasteiger partial charge is 0.211 e. The van der Waals surface area contributed by atoms with Crippen LogP contribution in [0, 0.1) is 5.92 Å². The Bertz CT molecular complexity index is 926. The Kier molecular flexibility index (Phi) is 6.23. The van der Waals surface area contributed by atoms with Gasteiger partial charge in [0.1, 0.15) is 12.4 Å².